The van der Waals surface area contributed by atoms with Crippen LogP contribution in [-0.2, 0) is 7.05 Å². The molecule has 0 saturated heterocycles. The van der Waals surface area contributed by atoms with Gasteiger partial charge in [-0.1, -0.05) is 94.4 Å². The number of imidazole rings is 1. The van der Waals surface area contributed by atoms with Gasteiger partial charge in [0.25, 0.3) is 5.82 Å². The summed E-state index contributed by atoms with van der Waals surface area (Å²) in [6, 6.07) is 34.1. The number of furan rings is 1. The van der Waals surface area contributed by atoms with Gasteiger partial charge in [-0.3, -0.25) is 0 Å². The highest BCUT2D eigenvalue weighted by atomic mass is 16.3. The third-order valence-corrected chi connectivity index (χ3v) is 8.95. The van der Waals surface area contributed by atoms with Gasteiger partial charge < -0.3 is 4.42 Å². The molecule has 0 fully saturated rings. The lowest BCUT2D eigenvalue weighted by atomic mass is 9.88. The molecule has 216 valence electrons. The summed E-state index contributed by atoms with van der Waals surface area (Å²) in [5.41, 5.74) is 12.9. The predicted octanol–water partition coefficient (Wildman–Crippen LogP) is 10.8. The van der Waals surface area contributed by atoms with Crippen molar-refractivity contribution in [3.63, 3.8) is 0 Å². The van der Waals surface area contributed by atoms with Gasteiger partial charge in [-0.05, 0) is 65.8 Å². The Labute approximate surface area is 258 Å². The van der Waals surface area contributed by atoms with Crippen molar-refractivity contribution >= 4 is 38.7 Å². The number of hydrogen-bond acceptors (Lipinski definition) is 1. The highest BCUT2D eigenvalue weighted by Gasteiger charge is 2.34. The fourth-order valence-electron chi connectivity index (χ4n) is 6.78. The van der Waals surface area contributed by atoms with Crippen LogP contribution >= 0.6 is 0 Å². The SMILES string of the molecule is [C-]#[N+]c1cccc2oc3c(-c4n(-c5c(C(C)C)cc(-c6ccccc6)cc5C(C)C)c5ccccc5[n+]4C)c(C)ccc3c12. The maximum absolute atomic E-state index is 7.84. The summed E-state index contributed by atoms with van der Waals surface area (Å²) in [6.45, 7) is 19.2. The van der Waals surface area contributed by atoms with Crippen LogP contribution in [0.15, 0.2) is 101 Å². The first kappa shape index (κ1) is 27.7. The number of hydrogen-bond donors (Lipinski definition) is 0. The van der Waals surface area contributed by atoms with Crippen LogP contribution < -0.4 is 4.57 Å². The Hall–Kier alpha value is -5.14. The summed E-state index contributed by atoms with van der Waals surface area (Å²) in [6.07, 6.45) is 0. The molecular weight excluding hydrogens is 538 g/mol. The minimum absolute atomic E-state index is 0.287. The molecule has 0 aliphatic carbocycles. The molecule has 0 radical (unpaired) electrons. The molecule has 4 heteroatoms. The molecule has 44 heavy (non-hydrogen) atoms. The standard InChI is InChI=1S/C40H36N3O/c1-24(2)30-22-28(27-14-9-8-10-15-27)23-31(25(3)4)38(30)43-34-18-12-11-17-33(34)42(7)40(43)36-26(5)20-21-29-37-32(41-6)16-13-19-35(37)44-39(29)36/h8-25H,1-5,7H3/q+1. The molecule has 2 heterocycles. The van der Waals surface area contributed by atoms with Crippen molar-refractivity contribution in [2.45, 2.75) is 46.5 Å². The third-order valence-electron chi connectivity index (χ3n) is 8.95. The smallest absolute Gasteiger partial charge is 0.299 e. The zero-order chi connectivity index (χ0) is 30.7. The van der Waals surface area contributed by atoms with E-state index in [1.807, 2.05) is 18.2 Å². The van der Waals surface area contributed by atoms with Gasteiger partial charge in [0.2, 0.25) is 0 Å². The first-order chi connectivity index (χ1) is 21.3. The summed E-state index contributed by atoms with van der Waals surface area (Å²) >= 11 is 0. The van der Waals surface area contributed by atoms with Crippen LogP contribution in [0.25, 0.3) is 66.0 Å². The normalized spacial score (nSPS) is 11.8. The quantitative estimate of drug-likeness (QED) is 0.148. The van der Waals surface area contributed by atoms with Crippen molar-refractivity contribution in [1.29, 1.82) is 0 Å². The minimum atomic E-state index is 0.287. The van der Waals surface area contributed by atoms with Gasteiger partial charge in [0.15, 0.2) is 16.7 Å². The Morgan fingerprint density at radius 2 is 1.45 bits per heavy atom. The molecule has 0 amide bonds. The van der Waals surface area contributed by atoms with Crippen LogP contribution in [0.2, 0.25) is 0 Å². The Morgan fingerprint density at radius 3 is 2.14 bits per heavy atom. The Morgan fingerprint density at radius 1 is 0.773 bits per heavy atom. The number of benzene rings is 5. The van der Waals surface area contributed by atoms with E-state index < -0.39 is 0 Å². The molecule has 0 bridgehead atoms. The minimum Gasteiger partial charge on any atom is -0.456 e. The lowest BCUT2D eigenvalue weighted by Crippen LogP contribution is -2.30. The lowest BCUT2D eigenvalue weighted by molar-refractivity contribution is -0.633. The highest BCUT2D eigenvalue weighted by molar-refractivity contribution is 6.15. The van der Waals surface area contributed by atoms with E-state index in [-0.39, 0.29) is 11.8 Å². The van der Waals surface area contributed by atoms with Gasteiger partial charge in [-0.25, -0.2) is 9.41 Å². The second kappa shape index (κ2) is 10.5. The van der Waals surface area contributed by atoms with E-state index in [9.17, 15) is 0 Å². The van der Waals surface area contributed by atoms with Gasteiger partial charge in [-0.2, -0.15) is 4.57 Å². The van der Waals surface area contributed by atoms with Gasteiger partial charge in [-0.15, -0.1) is 0 Å². The number of para-hydroxylation sites is 2. The zero-order valence-electron chi connectivity index (χ0n) is 26.1. The molecule has 0 atom stereocenters. The summed E-state index contributed by atoms with van der Waals surface area (Å²) < 4.78 is 11.4. The van der Waals surface area contributed by atoms with E-state index in [1.54, 1.807) is 0 Å². The van der Waals surface area contributed by atoms with E-state index in [0.29, 0.717) is 5.69 Å². The van der Waals surface area contributed by atoms with E-state index in [4.69, 9.17) is 11.0 Å². The van der Waals surface area contributed by atoms with Gasteiger partial charge in [0.05, 0.1) is 13.6 Å². The largest absolute Gasteiger partial charge is 0.456 e. The average Bonchev–Trinajstić information content (AvgIpc) is 3.55. The Kier molecular flexibility index (Phi) is 6.63. The molecule has 0 saturated carbocycles. The second-order valence-corrected chi connectivity index (χ2v) is 12.4. The zero-order valence-corrected chi connectivity index (χ0v) is 26.1. The Bertz CT molecular complexity index is 2230. The molecule has 0 spiro atoms. The second-order valence-electron chi connectivity index (χ2n) is 12.4. The van der Waals surface area contributed by atoms with Crippen molar-refractivity contribution in [2.24, 2.45) is 7.05 Å². The first-order valence-corrected chi connectivity index (χ1v) is 15.4. The Balaban J connectivity index is 1.66. The van der Waals surface area contributed by atoms with Crippen molar-refractivity contribution in [1.82, 2.24) is 4.57 Å². The van der Waals surface area contributed by atoms with Crippen LogP contribution in [0.4, 0.5) is 5.69 Å². The van der Waals surface area contributed by atoms with Gasteiger partial charge in [0.1, 0.15) is 22.4 Å². The topological polar surface area (TPSA) is 26.3 Å². The summed E-state index contributed by atoms with van der Waals surface area (Å²) in [5, 5.41) is 1.85. The van der Waals surface area contributed by atoms with Crippen LogP contribution in [0.3, 0.4) is 0 Å². The molecule has 2 aromatic heterocycles. The molecule has 0 aliphatic rings. The molecule has 0 N–H and O–H groups in total. The molecule has 5 aromatic carbocycles. The lowest BCUT2D eigenvalue weighted by Gasteiger charge is -2.21. The van der Waals surface area contributed by atoms with Crippen molar-refractivity contribution in [3.05, 3.63) is 125 Å². The molecule has 7 aromatic rings. The van der Waals surface area contributed by atoms with Crippen LogP contribution in [0.5, 0.6) is 0 Å². The molecule has 0 aliphatic heterocycles. The number of fused-ring (bicyclic) bond motifs is 4. The predicted molar refractivity (Wildman–Crippen MR) is 182 cm³/mol. The van der Waals surface area contributed by atoms with E-state index >= 15 is 0 Å². The molecular formula is C40H36N3O+. The molecule has 4 nitrogen and oxygen atoms in total. The van der Waals surface area contributed by atoms with Crippen LogP contribution in [-0.4, -0.2) is 4.57 Å². The highest BCUT2D eigenvalue weighted by Crippen LogP contribution is 2.44. The fourth-order valence-corrected chi connectivity index (χ4v) is 6.78. The number of rotatable bonds is 5. The maximum Gasteiger partial charge on any atom is 0.299 e. The molecule has 0 unspecified atom stereocenters. The summed E-state index contributed by atoms with van der Waals surface area (Å²) in [4.78, 5) is 3.84. The van der Waals surface area contributed by atoms with Gasteiger partial charge >= 0.3 is 0 Å². The number of aromatic nitrogens is 2. The number of nitrogens with zero attached hydrogens (tertiary/aromatic N) is 3. The van der Waals surface area contributed by atoms with Crippen molar-refractivity contribution < 1.29 is 8.98 Å². The fraction of sp³-hybridized carbons (Fsp3) is 0.200. The maximum atomic E-state index is 7.84. The van der Waals surface area contributed by atoms with E-state index in [0.717, 1.165) is 49.9 Å². The van der Waals surface area contributed by atoms with E-state index in [2.05, 4.69) is 135 Å². The van der Waals surface area contributed by atoms with Crippen molar-refractivity contribution in [3.8, 4) is 28.2 Å². The van der Waals surface area contributed by atoms with Crippen LogP contribution in [0, 0.1) is 13.5 Å². The first-order valence-electron chi connectivity index (χ1n) is 15.4. The monoisotopic (exact) mass is 574 g/mol. The van der Waals surface area contributed by atoms with Gasteiger partial charge in [0, 0.05) is 21.9 Å². The van der Waals surface area contributed by atoms with Crippen molar-refractivity contribution in [2.75, 3.05) is 0 Å². The average molecular weight is 575 g/mol. The number of aryl methyl sites for hydroxylation is 2. The van der Waals surface area contributed by atoms with E-state index in [1.165, 1.54) is 27.9 Å². The van der Waals surface area contributed by atoms with Crippen LogP contribution in [0.1, 0.15) is 56.2 Å². The summed E-state index contributed by atoms with van der Waals surface area (Å²) in [7, 11) is 2.15. The molecule has 7 rings (SSSR count). The summed E-state index contributed by atoms with van der Waals surface area (Å²) in [5.74, 6) is 1.64. The third kappa shape index (κ3) is 4.15.